The summed E-state index contributed by atoms with van der Waals surface area (Å²) < 4.78 is 0. The number of allylic oxidation sites excluding steroid dienone is 1. The summed E-state index contributed by atoms with van der Waals surface area (Å²) in [6, 6.07) is 15.3. The van der Waals surface area contributed by atoms with Gasteiger partial charge in [-0.1, -0.05) is 42.5 Å². The van der Waals surface area contributed by atoms with Crippen molar-refractivity contribution in [2.24, 2.45) is 0 Å². The van der Waals surface area contributed by atoms with Gasteiger partial charge in [0.05, 0.1) is 0 Å². The Morgan fingerprint density at radius 1 is 0.545 bits per heavy atom. The molecule has 0 aliphatic heterocycles. The first-order valence-electron chi connectivity index (χ1n) is 7.22. The van der Waals surface area contributed by atoms with E-state index < -0.39 is 0 Å². The number of carbonyl (C=O) groups excluding carboxylic acids is 2. The zero-order chi connectivity index (χ0) is 14.8. The van der Waals surface area contributed by atoms with Crippen molar-refractivity contribution >= 4 is 28.4 Å². The first-order chi connectivity index (χ1) is 10.8. The highest BCUT2D eigenvalue weighted by molar-refractivity contribution is 6.30. The summed E-state index contributed by atoms with van der Waals surface area (Å²) in [4.78, 5) is 25.0. The fourth-order valence-electron chi connectivity index (χ4n) is 3.60. The van der Waals surface area contributed by atoms with Gasteiger partial charge in [-0.25, -0.2) is 0 Å². The van der Waals surface area contributed by atoms with Crippen LogP contribution in [0.3, 0.4) is 0 Å². The predicted molar refractivity (Wildman–Crippen MR) is 86.2 cm³/mol. The van der Waals surface area contributed by atoms with E-state index in [4.69, 9.17) is 0 Å². The molecular weight excluding hydrogens is 272 g/mol. The number of hydrogen-bond donors (Lipinski definition) is 0. The maximum atomic E-state index is 12.8. The number of ketones is 2. The normalized spacial score (nSPS) is 14.4. The van der Waals surface area contributed by atoms with Crippen LogP contribution in [0, 0.1) is 0 Å². The molecule has 3 aromatic carbocycles. The van der Waals surface area contributed by atoms with Gasteiger partial charge in [0.25, 0.3) is 0 Å². The van der Waals surface area contributed by atoms with Gasteiger partial charge in [0.1, 0.15) is 0 Å². The molecule has 0 saturated heterocycles. The van der Waals surface area contributed by atoms with E-state index in [2.05, 4.69) is 6.07 Å². The summed E-state index contributed by atoms with van der Waals surface area (Å²) in [6.45, 7) is 0. The fourth-order valence-corrected chi connectivity index (χ4v) is 3.60. The van der Waals surface area contributed by atoms with Gasteiger partial charge in [0.15, 0.2) is 11.6 Å². The van der Waals surface area contributed by atoms with Gasteiger partial charge in [-0.15, -0.1) is 0 Å². The minimum absolute atomic E-state index is 0.00232. The third-order valence-corrected chi connectivity index (χ3v) is 4.58. The highest BCUT2D eigenvalue weighted by Crippen LogP contribution is 2.42. The molecule has 2 heteroatoms. The molecule has 0 atom stereocenters. The Hall–Kier alpha value is -3.00. The van der Waals surface area contributed by atoms with Crippen molar-refractivity contribution in [2.45, 2.75) is 0 Å². The zero-order valence-electron chi connectivity index (χ0n) is 11.6. The van der Waals surface area contributed by atoms with Crippen LogP contribution in [0.1, 0.15) is 31.8 Å². The van der Waals surface area contributed by atoms with Crippen LogP contribution in [-0.2, 0) is 0 Å². The van der Waals surface area contributed by atoms with Crippen LogP contribution in [0.2, 0.25) is 0 Å². The quantitative estimate of drug-likeness (QED) is 0.483. The topological polar surface area (TPSA) is 34.1 Å². The predicted octanol–water partition coefficient (Wildman–Crippen LogP) is 4.26. The van der Waals surface area contributed by atoms with E-state index in [1.165, 1.54) is 0 Å². The summed E-state index contributed by atoms with van der Waals surface area (Å²) in [5, 5.41) is 1.82. The van der Waals surface area contributed by atoms with Crippen LogP contribution in [0.25, 0.3) is 28.0 Å². The average Bonchev–Trinajstić information content (AvgIpc) is 2.57. The fraction of sp³-hybridized carbons (Fsp3) is 0. The molecular formula is C20H10O2. The Labute approximate surface area is 126 Å². The molecule has 2 nitrogen and oxygen atoms in total. The lowest BCUT2D eigenvalue weighted by atomic mass is 9.79. The third-order valence-electron chi connectivity index (χ3n) is 4.58. The molecule has 0 heterocycles. The second kappa shape index (κ2) is 3.80. The molecule has 2 aliphatic carbocycles. The van der Waals surface area contributed by atoms with Gasteiger partial charge in [-0.3, -0.25) is 9.59 Å². The smallest absolute Gasteiger partial charge is 0.194 e. The molecule has 0 unspecified atom stereocenters. The standard InChI is InChI=1S/C20H10O2/c21-17-10-6-11-5-7-13-12-3-1-2-4-14(12)20(22)16-9-8-15(17)18(11)19(13)16/h1-10H. The number of rotatable bonds is 0. The Balaban J connectivity index is 2.06. The average molecular weight is 282 g/mol. The number of carbonyl (C=O) groups is 2. The van der Waals surface area contributed by atoms with Crippen LogP contribution in [0.5, 0.6) is 0 Å². The van der Waals surface area contributed by atoms with E-state index in [1.54, 1.807) is 18.2 Å². The summed E-state index contributed by atoms with van der Waals surface area (Å²) in [7, 11) is 0. The highest BCUT2D eigenvalue weighted by Gasteiger charge is 2.28. The van der Waals surface area contributed by atoms with Gasteiger partial charge in [-0.2, -0.15) is 0 Å². The Bertz CT molecular complexity index is 1050. The summed E-state index contributed by atoms with van der Waals surface area (Å²) in [5.74, 6) is 0.0382. The van der Waals surface area contributed by atoms with E-state index in [0.717, 1.165) is 33.0 Å². The maximum absolute atomic E-state index is 12.8. The van der Waals surface area contributed by atoms with Gasteiger partial charge >= 0.3 is 0 Å². The van der Waals surface area contributed by atoms with Crippen LogP contribution in [0.15, 0.2) is 54.6 Å². The molecule has 0 bridgehead atoms. The Morgan fingerprint density at radius 2 is 1.27 bits per heavy atom. The first kappa shape index (κ1) is 11.6. The number of fused-ring (bicyclic) bond motifs is 2. The van der Waals surface area contributed by atoms with E-state index in [1.807, 2.05) is 36.4 Å². The van der Waals surface area contributed by atoms with Crippen molar-refractivity contribution in [2.75, 3.05) is 0 Å². The summed E-state index contributed by atoms with van der Waals surface area (Å²) in [5.41, 5.74) is 5.10. The van der Waals surface area contributed by atoms with Crippen LogP contribution < -0.4 is 0 Å². The molecule has 0 N–H and O–H groups in total. The largest absolute Gasteiger partial charge is 0.289 e. The lowest BCUT2D eigenvalue weighted by Crippen LogP contribution is -2.12. The van der Waals surface area contributed by atoms with Crippen LogP contribution >= 0.6 is 0 Å². The molecule has 0 spiro atoms. The lowest BCUT2D eigenvalue weighted by Gasteiger charge is -2.23. The van der Waals surface area contributed by atoms with Gasteiger partial charge in [-0.05, 0) is 34.9 Å². The van der Waals surface area contributed by atoms with Crippen molar-refractivity contribution in [1.29, 1.82) is 0 Å². The van der Waals surface area contributed by atoms with Crippen molar-refractivity contribution in [3.8, 4) is 11.1 Å². The van der Waals surface area contributed by atoms with Gasteiger partial charge in [0, 0.05) is 27.5 Å². The molecule has 3 aromatic rings. The summed E-state index contributed by atoms with van der Waals surface area (Å²) in [6.07, 6.45) is 3.43. The summed E-state index contributed by atoms with van der Waals surface area (Å²) >= 11 is 0. The van der Waals surface area contributed by atoms with Crippen LogP contribution in [0.4, 0.5) is 0 Å². The van der Waals surface area contributed by atoms with E-state index >= 15 is 0 Å². The van der Waals surface area contributed by atoms with Crippen LogP contribution in [-0.4, -0.2) is 11.6 Å². The minimum Gasteiger partial charge on any atom is -0.289 e. The molecule has 5 rings (SSSR count). The van der Waals surface area contributed by atoms with Crippen molar-refractivity contribution in [1.82, 2.24) is 0 Å². The minimum atomic E-state index is 0.00232. The van der Waals surface area contributed by atoms with Gasteiger partial charge in [0.2, 0.25) is 0 Å². The van der Waals surface area contributed by atoms with Crippen molar-refractivity contribution in [3.63, 3.8) is 0 Å². The van der Waals surface area contributed by atoms with E-state index in [9.17, 15) is 9.59 Å². The Kier molecular flexibility index (Phi) is 2.01. The molecule has 22 heavy (non-hydrogen) atoms. The van der Waals surface area contributed by atoms with E-state index in [0.29, 0.717) is 11.1 Å². The second-order valence-corrected chi connectivity index (χ2v) is 5.69. The Morgan fingerprint density at radius 3 is 2.14 bits per heavy atom. The molecule has 0 aromatic heterocycles. The molecule has 102 valence electrons. The maximum Gasteiger partial charge on any atom is 0.194 e. The van der Waals surface area contributed by atoms with Crippen molar-refractivity contribution in [3.05, 3.63) is 76.9 Å². The second-order valence-electron chi connectivity index (χ2n) is 5.69. The SMILES string of the molecule is O=C1C=Cc2ccc3c4c(ccc1c24)C(=O)c1ccccc1-3. The molecule has 2 aliphatic rings. The first-order valence-corrected chi connectivity index (χ1v) is 7.22. The highest BCUT2D eigenvalue weighted by atomic mass is 16.1. The van der Waals surface area contributed by atoms with Crippen molar-refractivity contribution < 1.29 is 9.59 Å². The lowest BCUT2D eigenvalue weighted by molar-refractivity contribution is 0.103. The molecule has 0 amide bonds. The number of hydrogen-bond acceptors (Lipinski definition) is 2. The third kappa shape index (κ3) is 1.25. The van der Waals surface area contributed by atoms with Gasteiger partial charge < -0.3 is 0 Å². The monoisotopic (exact) mass is 282 g/mol. The number of benzene rings is 3. The zero-order valence-corrected chi connectivity index (χ0v) is 11.6. The van der Waals surface area contributed by atoms with E-state index in [-0.39, 0.29) is 11.6 Å². The molecule has 0 saturated carbocycles. The molecule has 0 fully saturated rings. The molecule has 0 radical (unpaired) electrons.